The van der Waals surface area contributed by atoms with Crippen LogP contribution >= 0.6 is 0 Å². The maximum absolute atomic E-state index is 5.64. The highest BCUT2D eigenvalue weighted by molar-refractivity contribution is 5.82. The van der Waals surface area contributed by atoms with Gasteiger partial charge < -0.3 is 14.5 Å². The van der Waals surface area contributed by atoms with Crippen molar-refractivity contribution in [3.8, 4) is 0 Å². The van der Waals surface area contributed by atoms with E-state index in [1.807, 2.05) is 6.26 Å². The molecule has 0 aliphatic rings. The lowest BCUT2D eigenvalue weighted by Gasteiger charge is -2.23. The van der Waals surface area contributed by atoms with Crippen molar-refractivity contribution >= 4 is 11.0 Å². The minimum Gasteiger partial charge on any atom is -0.464 e. The van der Waals surface area contributed by atoms with Gasteiger partial charge in [-0.3, -0.25) is 0 Å². The molecule has 0 atom stereocenters. The molecule has 2 aromatic rings. The monoisotopic (exact) mass is 275 g/mol. The van der Waals surface area contributed by atoms with E-state index in [2.05, 4.69) is 44.3 Å². The number of benzene rings is 1. The summed E-state index contributed by atoms with van der Waals surface area (Å²) in [5.74, 6) is 0. The van der Waals surface area contributed by atoms with Gasteiger partial charge in [-0.15, -0.1) is 0 Å². The van der Waals surface area contributed by atoms with Crippen molar-refractivity contribution in [3.05, 3.63) is 35.6 Å². The smallest absolute Gasteiger partial charge is 0.134 e. The van der Waals surface area contributed by atoms with E-state index in [1.54, 1.807) is 7.11 Å². The normalized spacial score (nSPS) is 12.2. The molecule has 2 rings (SSSR count). The highest BCUT2D eigenvalue weighted by Crippen LogP contribution is 2.31. The number of hydrogen-bond acceptors (Lipinski definition) is 3. The van der Waals surface area contributed by atoms with Gasteiger partial charge in [0.2, 0.25) is 0 Å². The Labute approximate surface area is 121 Å². The third kappa shape index (κ3) is 3.22. The first-order valence-electron chi connectivity index (χ1n) is 7.28. The van der Waals surface area contributed by atoms with E-state index in [-0.39, 0.29) is 5.41 Å². The second-order valence-corrected chi connectivity index (χ2v) is 5.88. The summed E-state index contributed by atoms with van der Waals surface area (Å²) in [7, 11) is 1.72. The van der Waals surface area contributed by atoms with E-state index in [0.29, 0.717) is 0 Å². The predicted molar refractivity (Wildman–Crippen MR) is 83.1 cm³/mol. The molecule has 0 aliphatic heterocycles. The molecule has 110 valence electrons. The van der Waals surface area contributed by atoms with Crippen LogP contribution in [0.1, 0.15) is 38.3 Å². The van der Waals surface area contributed by atoms with Crippen LogP contribution in [0.2, 0.25) is 0 Å². The first-order chi connectivity index (χ1) is 9.58. The molecule has 1 aromatic carbocycles. The summed E-state index contributed by atoms with van der Waals surface area (Å²) in [6, 6.07) is 6.54. The van der Waals surface area contributed by atoms with Crippen molar-refractivity contribution in [2.75, 3.05) is 20.3 Å². The summed E-state index contributed by atoms with van der Waals surface area (Å²) < 4.78 is 10.7. The molecule has 1 N–H and O–H groups in total. The molecule has 3 heteroatoms. The molecular weight excluding hydrogens is 250 g/mol. The molecule has 0 unspecified atom stereocenters. The van der Waals surface area contributed by atoms with Gasteiger partial charge in [-0.2, -0.15) is 0 Å². The minimum absolute atomic E-state index is 0.201. The SMILES string of the molecule is CCC(C)(C)c1ccc2occ(CNCCOC)c2c1. The van der Waals surface area contributed by atoms with E-state index >= 15 is 0 Å². The zero-order valence-corrected chi connectivity index (χ0v) is 13.0. The molecule has 0 saturated carbocycles. The standard InChI is InChI=1S/C17H25NO2/c1-5-17(2,3)14-6-7-16-15(10-14)13(12-20-16)11-18-8-9-19-4/h6-7,10,12,18H,5,8-9,11H2,1-4H3. The fraction of sp³-hybridized carbons (Fsp3) is 0.529. The van der Waals surface area contributed by atoms with Crippen LogP contribution in [-0.4, -0.2) is 20.3 Å². The van der Waals surface area contributed by atoms with Gasteiger partial charge in [0, 0.05) is 31.1 Å². The summed E-state index contributed by atoms with van der Waals surface area (Å²) in [5, 5.41) is 4.58. The number of nitrogens with one attached hydrogen (secondary N) is 1. The van der Waals surface area contributed by atoms with Crippen molar-refractivity contribution in [1.29, 1.82) is 0 Å². The molecule has 3 nitrogen and oxygen atoms in total. The van der Waals surface area contributed by atoms with Crippen LogP contribution in [0.5, 0.6) is 0 Å². The summed E-state index contributed by atoms with van der Waals surface area (Å²) in [6.45, 7) is 9.18. The molecule has 0 radical (unpaired) electrons. The van der Waals surface area contributed by atoms with E-state index in [1.165, 1.54) is 16.5 Å². The van der Waals surface area contributed by atoms with Crippen molar-refractivity contribution in [2.45, 2.75) is 39.2 Å². The minimum atomic E-state index is 0.201. The molecule has 0 amide bonds. The number of fused-ring (bicyclic) bond motifs is 1. The molecule has 0 bridgehead atoms. The maximum Gasteiger partial charge on any atom is 0.134 e. The molecule has 0 spiro atoms. The van der Waals surface area contributed by atoms with Crippen molar-refractivity contribution < 1.29 is 9.15 Å². The average Bonchev–Trinajstić information content (AvgIpc) is 2.86. The second kappa shape index (κ2) is 6.42. The number of rotatable bonds is 7. The van der Waals surface area contributed by atoms with Gasteiger partial charge in [-0.25, -0.2) is 0 Å². The van der Waals surface area contributed by atoms with Gasteiger partial charge in [0.25, 0.3) is 0 Å². The average molecular weight is 275 g/mol. The van der Waals surface area contributed by atoms with Crippen LogP contribution in [0, 0.1) is 0 Å². The maximum atomic E-state index is 5.64. The van der Waals surface area contributed by atoms with Gasteiger partial charge in [0.15, 0.2) is 0 Å². The van der Waals surface area contributed by atoms with Crippen molar-refractivity contribution in [3.63, 3.8) is 0 Å². The zero-order valence-electron chi connectivity index (χ0n) is 13.0. The molecule has 0 aliphatic carbocycles. The molecule has 1 heterocycles. The molecule has 1 aromatic heterocycles. The van der Waals surface area contributed by atoms with Crippen LogP contribution in [0.4, 0.5) is 0 Å². The number of methoxy groups -OCH3 is 1. The van der Waals surface area contributed by atoms with Crippen LogP contribution in [-0.2, 0) is 16.7 Å². The predicted octanol–water partition coefficient (Wildman–Crippen LogP) is 3.86. The Bertz CT molecular complexity index is 557. The van der Waals surface area contributed by atoms with Crippen molar-refractivity contribution in [2.24, 2.45) is 0 Å². The third-order valence-electron chi connectivity index (χ3n) is 4.12. The topological polar surface area (TPSA) is 34.4 Å². The van der Waals surface area contributed by atoms with E-state index in [9.17, 15) is 0 Å². The second-order valence-electron chi connectivity index (χ2n) is 5.88. The quantitative estimate of drug-likeness (QED) is 0.779. The van der Waals surface area contributed by atoms with Gasteiger partial charge in [-0.1, -0.05) is 26.8 Å². The van der Waals surface area contributed by atoms with Gasteiger partial charge in [0.1, 0.15) is 5.58 Å². The van der Waals surface area contributed by atoms with Gasteiger partial charge >= 0.3 is 0 Å². The lowest BCUT2D eigenvalue weighted by molar-refractivity contribution is 0.199. The van der Waals surface area contributed by atoms with E-state index in [0.717, 1.165) is 31.7 Å². The first-order valence-corrected chi connectivity index (χ1v) is 7.28. The van der Waals surface area contributed by atoms with Crippen LogP contribution in [0.3, 0.4) is 0 Å². The fourth-order valence-electron chi connectivity index (χ4n) is 2.24. The Morgan fingerprint density at radius 2 is 2.10 bits per heavy atom. The Morgan fingerprint density at radius 3 is 2.80 bits per heavy atom. The zero-order chi connectivity index (χ0) is 14.6. The summed E-state index contributed by atoms with van der Waals surface area (Å²) in [4.78, 5) is 0. The Balaban J connectivity index is 2.21. The molecule has 0 fully saturated rings. The number of ether oxygens (including phenoxy) is 1. The molecular formula is C17H25NO2. The molecule has 0 saturated heterocycles. The summed E-state index contributed by atoms with van der Waals surface area (Å²) in [6.07, 6.45) is 2.98. The van der Waals surface area contributed by atoms with Gasteiger partial charge in [-0.05, 0) is 29.5 Å². The summed E-state index contributed by atoms with van der Waals surface area (Å²) >= 11 is 0. The first kappa shape index (κ1) is 15.1. The van der Waals surface area contributed by atoms with Crippen LogP contribution in [0.15, 0.2) is 28.9 Å². The van der Waals surface area contributed by atoms with Gasteiger partial charge in [0.05, 0.1) is 12.9 Å². The van der Waals surface area contributed by atoms with Crippen LogP contribution < -0.4 is 5.32 Å². The number of furan rings is 1. The fourth-order valence-corrected chi connectivity index (χ4v) is 2.24. The third-order valence-corrected chi connectivity index (χ3v) is 4.12. The van der Waals surface area contributed by atoms with Crippen molar-refractivity contribution in [1.82, 2.24) is 5.32 Å². The highest BCUT2D eigenvalue weighted by atomic mass is 16.5. The van der Waals surface area contributed by atoms with E-state index < -0.39 is 0 Å². The highest BCUT2D eigenvalue weighted by Gasteiger charge is 2.19. The van der Waals surface area contributed by atoms with Crippen LogP contribution in [0.25, 0.3) is 11.0 Å². The number of hydrogen-bond donors (Lipinski definition) is 1. The molecule has 20 heavy (non-hydrogen) atoms. The largest absolute Gasteiger partial charge is 0.464 e. The van der Waals surface area contributed by atoms with E-state index in [4.69, 9.17) is 9.15 Å². The Hall–Kier alpha value is -1.32. The summed E-state index contributed by atoms with van der Waals surface area (Å²) in [5.41, 5.74) is 3.74. The lowest BCUT2D eigenvalue weighted by Crippen LogP contribution is -2.18. The Morgan fingerprint density at radius 1 is 1.30 bits per heavy atom. The lowest BCUT2D eigenvalue weighted by atomic mass is 9.82. The Kier molecular flexibility index (Phi) is 4.84.